The molecular weight excluding hydrogens is 512 g/mol. The number of para-hydroxylation sites is 3. The maximum Gasteiger partial charge on any atom is 0.266 e. The van der Waals surface area contributed by atoms with Gasteiger partial charge in [0.05, 0.1) is 23.0 Å². The highest BCUT2D eigenvalue weighted by Gasteiger charge is 2.65. The van der Waals surface area contributed by atoms with Crippen LogP contribution in [0.5, 0.6) is 11.5 Å². The maximum atomic E-state index is 14.0. The van der Waals surface area contributed by atoms with E-state index in [4.69, 9.17) is 9.47 Å². The van der Waals surface area contributed by atoms with Crippen LogP contribution in [0.4, 0.5) is 17.1 Å². The highest BCUT2D eigenvalue weighted by atomic mass is 28.4. The Morgan fingerprint density at radius 1 is 0.974 bits per heavy atom. The molecule has 9 heteroatoms. The van der Waals surface area contributed by atoms with Crippen molar-refractivity contribution in [3.05, 3.63) is 77.9 Å². The molecule has 3 heterocycles. The fourth-order valence-corrected chi connectivity index (χ4v) is 9.38. The number of aliphatic hydroxyl groups is 1. The van der Waals surface area contributed by atoms with Gasteiger partial charge in [0.2, 0.25) is 0 Å². The van der Waals surface area contributed by atoms with Crippen molar-refractivity contribution in [1.82, 2.24) is 0 Å². The molecular formula is C30H32N2O6Si. The maximum absolute atomic E-state index is 14.0. The van der Waals surface area contributed by atoms with Crippen molar-refractivity contribution >= 4 is 37.2 Å². The van der Waals surface area contributed by atoms with Crippen LogP contribution in [-0.4, -0.2) is 49.8 Å². The van der Waals surface area contributed by atoms with Gasteiger partial charge in [0.25, 0.3) is 11.8 Å². The van der Waals surface area contributed by atoms with Crippen LogP contribution in [0.15, 0.2) is 66.7 Å². The van der Waals surface area contributed by atoms with E-state index < -0.39 is 20.0 Å². The molecule has 0 bridgehead atoms. The average Bonchev–Trinajstić information content (AvgIpc) is 3.26. The first-order valence-electron chi connectivity index (χ1n) is 13.2. The number of nitrogens with zero attached hydrogens (tertiary/aromatic N) is 2. The number of hydrogen-bond donors (Lipinski definition) is 2. The van der Waals surface area contributed by atoms with Crippen LogP contribution >= 0.6 is 0 Å². The van der Waals surface area contributed by atoms with Crippen LogP contribution in [0.2, 0.25) is 18.6 Å². The van der Waals surface area contributed by atoms with Crippen molar-refractivity contribution in [3.63, 3.8) is 0 Å². The van der Waals surface area contributed by atoms with Crippen molar-refractivity contribution in [2.24, 2.45) is 5.92 Å². The van der Waals surface area contributed by atoms with Crippen molar-refractivity contribution in [2.45, 2.75) is 43.7 Å². The molecule has 3 aromatic rings. The standard InChI is InChI=1S/C30H32N2O6Si/c1-18-27(39(3,4)36)26(15-16-33)38-30(18)21-17-19(13-14-22(21)31(2)29(30)35)32-23-10-6-8-12-25(23)37-24-11-7-5-9-20(24)28(32)34/h5-14,17-18,26-27,33,36H,15-16H2,1-4H3/t18-,26+,27-,30+/m0/s1. The van der Waals surface area contributed by atoms with Crippen LogP contribution in [0.1, 0.15) is 29.3 Å². The van der Waals surface area contributed by atoms with E-state index in [9.17, 15) is 19.5 Å². The first kappa shape index (κ1) is 25.8. The summed E-state index contributed by atoms with van der Waals surface area (Å²) >= 11 is 0. The second-order valence-electron chi connectivity index (χ2n) is 11.1. The molecule has 3 aliphatic rings. The van der Waals surface area contributed by atoms with Gasteiger partial charge < -0.3 is 24.3 Å². The number of amides is 2. The van der Waals surface area contributed by atoms with Gasteiger partial charge in [-0.15, -0.1) is 0 Å². The van der Waals surface area contributed by atoms with Gasteiger partial charge in [0, 0.05) is 36.4 Å². The quantitative estimate of drug-likeness (QED) is 0.452. The zero-order valence-corrected chi connectivity index (χ0v) is 23.4. The van der Waals surface area contributed by atoms with Crippen molar-refractivity contribution in [1.29, 1.82) is 0 Å². The molecule has 6 rings (SSSR count). The van der Waals surface area contributed by atoms with Gasteiger partial charge in [-0.25, -0.2) is 0 Å². The number of benzene rings is 3. The zero-order valence-electron chi connectivity index (χ0n) is 22.4. The molecule has 4 atom stereocenters. The largest absolute Gasteiger partial charge is 0.454 e. The van der Waals surface area contributed by atoms with Crippen LogP contribution in [0, 0.1) is 5.92 Å². The number of ether oxygens (including phenoxy) is 2. The van der Waals surface area contributed by atoms with Gasteiger partial charge in [-0.05, 0) is 62.0 Å². The van der Waals surface area contributed by atoms with Gasteiger partial charge in [0.15, 0.2) is 19.7 Å². The fourth-order valence-electron chi connectivity index (χ4n) is 6.77. The molecule has 1 fully saturated rings. The van der Waals surface area contributed by atoms with E-state index in [1.165, 1.54) is 0 Å². The Kier molecular flexibility index (Phi) is 5.96. The third-order valence-corrected chi connectivity index (χ3v) is 10.9. The molecule has 8 nitrogen and oxygen atoms in total. The minimum atomic E-state index is -2.79. The molecule has 0 unspecified atom stereocenters. The van der Waals surface area contributed by atoms with E-state index in [1.807, 2.05) is 68.5 Å². The highest BCUT2D eigenvalue weighted by molar-refractivity contribution is 6.71. The molecule has 3 aliphatic heterocycles. The predicted molar refractivity (Wildman–Crippen MR) is 150 cm³/mol. The minimum Gasteiger partial charge on any atom is -0.454 e. The molecule has 39 heavy (non-hydrogen) atoms. The summed E-state index contributed by atoms with van der Waals surface area (Å²) in [5.41, 5.74) is 1.35. The summed E-state index contributed by atoms with van der Waals surface area (Å²) in [5, 5.41) is 9.79. The van der Waals surface area contributed by atoms with Crippen molar-refractivity contribution in [3.8, 4) is 11.5 Å². The lowest BCUT2D eigenvalue weighted by molar-refractivity contribution is -0.146. The van der Waals surface area contributed by atoms with Gasteiger partial charge in [-0.2, -0.15) is 0 Å². The summed E-state index contributed by atoms with van der Waals surface area (Å²) in [5.74, 6) is 0.219. The van der Waals surface area contributed by atoms with E-state index >= 15 is 0 Å². The summed E-state index contributed by atoms with van der Waals surface area (Å²) in [6.45, 7) is 5.55. The topological polar surface area (TPSA) is 99.5 Å². The number of hydrogen-bond acceptors (Lipinski definition) is 6. The lowest BCUT2D eigenvalue weighted by Crippen LogP contribution is -2.45. The first-order valence-corrected chi connectivity index (χ1v) is 16.3. The minimum absolute atomic E-state index is 0.107. The SMILES string of the molecule is C[C@H]1[C@H]([Si](C)(C)O)[C@@H](CCO)O[C@]12C(=O)N(C)c1ccc(N3C(=O)c4ccccc4Oc4ccccc43)cc12. The van der Waals surface area contributed by atoms with E-state index in [0.29, 0.717) is 46.1 Å². The third kappa shape index (κ3) is 3.68. The van der Waals surface area contributed by atoms with Crippen LogP contribution in [-0.2, 0) is 15.1 Å². The summed E-state index contributed by atoms with van der Waals surface area (Å²) in [6.07, 6.45) is -0.143. The normalized spacial score (nSPS) is 25.8. The summed E-state index contributed by atoms with van der Waals surface area (Å²) in [4.78, 5) is 42.4. The summed E-state index contributed by atoms with van der Waals surface area (Å²) in [6, 6.07) is 20.0. The molecule has 0 radical (unpaired) electrons. The Morgan fingerprint density at radius 2 is 1.67 bits per heavy atom. The summed E-state index contributed by atoms with van der Waals surface area (Å²) < 4.78 is 12.8. The Bertz CT molecular complexity index is 1490. The fraction of sp³-hybridized carbons (Fsp3) is 0.333. The number of anilines is 3. The monoisotopic (exact) mass is 544 g/mol. The zero-order chi connectivity index (χ0) is 27.7. The smallest absolute Gasteiger partial charge is 0.266 e. The van der Waals surface area contributed by atoms with E-state index in [1.54, 1.807) is 35.0 Å². The van der Waals surface area contributed by atoms with Gasteiger partial charge in [-0.1, -0.05) is 31.2 Å². The third-order valence-electron chi connectivity index (χ3n) is 8.42. The lowest BCUT2D eigenvalue weighted by Gasteiger charge is -2.32. The van der Waals surface area contributed by atoms with Gasteiger partial charge >= 0.3 is 0 Å². The first-order chi connectivity index (χ1) is 18.6. The molecule has 0 aliphatic carbocycles. The van der Waals surface area contributed by atoms with Crippen molar-refractivity contribution in [2.75, 3.05) is 23.5 Å². The highest BCUT2D eigenvalue weighted by Crippen LogP contribution is 2.60. The van der Waals surface area contributed by atoms with E-state index in [0.717, 1.165) is 0 Å². The molecule has 2 N–H and O–H groups in total. The molecule has 0 saturated carbocycles. The van der Waals surface area contributed by atoms with E-state index in [-0.39, 0.29) is 29.9 Å². The van der Waals surface area contributed by atoms with Gasteiger partial charge in [0.1, 0.15) is 5.75 Å². The second-order valence-corrected chi connectivity index (χ2v) is 15.1. The number of aliphatic hydroxyl groups excluding tert-OH is 1. The summed E-state index contributed by atoms with van der Waals surface area (Å²) in [7, 11) is -1.07. The van der Waals surface area contributed by atoms with E-state index in [2.05, 4.69) is 0 Å². The van der Waals surface area contributed by atoms with Crippen LogP contribution in [0.3, 0.4) is 0 Å². The molecule has 1 spiro atoms. The predicted octanol–water partition coefficient (Wildman–Crippen LogP) is 4.93. The Labute approximate surface area is 228 Å². The lowest BCUT2D eigenvalue weighted by atomic mass is 9.82. The Hall–Kier alpha value is -3.50. The number of likely N-dealkylation sites (N-methyl/N-ethyl adjacent to an activating group) is 1. The second kappa shape index (κ2) is 9.02. The Balaban J connectivity index is 1.54. The average molecular weight is 545 g/mol. The van der Waals surface area contributed by atoms with Gasteiger partial charge in [-0.3, -0.25) is 14.5 Å². The Morgan fingerprint density at radius 3 is 2.38 bits per heavy atom. The number of carbonyl (C=O) groups excluding carboxylic acids is 2. The molecule has 2 amide bonds. The molecule has 1 saturated heterocycles. The molecule has 3 aromatic carbocycles. The van der Waals surface area contributed by atoms with Crippen molar-refractivity contribution < 1.29 is 29.0 Å². The number of carbonyl (C=O) groups is 2. The van der Waals surface area contributed by atoms with Crippen LogP contribution < -0.4 is 14.5 Å². The number of rotatable bonds is 4. The molecule has 202 valence electrons. The molecule has 0 aromatic heterocycles. The van der Waals surface area contributed by atoms with Crippen LogP contribution in [0.25, 0.3) is 0 Å². The number of fused-ring (bicyclic) bond motifs is 4.